The van der Waals surface area contributed by atoms with E-state index in [2.05, 4.69) is 11.4 Å². The molecule has 1 aromatic carbocycles. The number of benzene rings is 1. The number of aliphatic hydroxyl groups excluding tert-OH is 1. The summed E-state index contributed by atoms with van der Waals surface area (Å²) in [5.74, 6) is 0. The van der Waals surface area contributed by atoms with Crippen LogP contribution in [0.4, 0.5) is 5.69 Å². The fourth-order valence-corrected chi connectivity index (χ4v) is 2.25. The molecule has 1 aliphatic carbocycles. The predicted molar refractivity (Wildman–Crippen MR) is 65.6 cm³/mol. The Labute approximate surface area is 99.5 Å². The van der Waals surface area contributed by atoms with Crippen molar-refractivity contribution >= 4 is 17.4 Å². The van der Waals surface area contributed by atoms with Crippen LogP contribution in [0.15, 0.2) is 23.1 Å². The fraction of sp³-hybridized carbons (Fsp3) is 0.417. The van der Waals surface area contributed by atoms with Crippen molar-refractivity contribution in [2.45, 2.75) is 23.3 Å². The number of nitrogens with one attached hydrogen (secondary N) is 1. The molecule has 0 aromatic heterocycles. The zero-order valence-corrected chi connectivity index (χ0v) is 9.97. The van der Waals surface area contributed by atoms with Gasteiger partial charge < -0.3 is 10.4 Å². The maximum atomic E-state index is 9.26. The van der Waals surface area contributed by atoms with E-state index < -0.39 is 0 Å². The van der Waals surface area contributed by atoms with Gasteiger partial charge in [-0.25, -0.2) is 0 Å². The quantitative estimate of drug-likeness (QED) is 0.784. The summed E-state index contributed by atoms with van der Waals surface area (Å²) in [6.45, 7) is 0.126. The zero-order valence-electron chi connectivity index (χ0n) is 9.16. The SMILES string of the molecule is CSc1cccc(NC2(CO)CC2)c1C#N. The van der Waals surface area contributed by atoms with E-state index in [9.17, 15) is 5.11 Å². The van der Waals surface area contributed by atoms with Gasteiger partial charge in [0.2, 0.25) is 0 Å². The van der Waals surface area contributed by atoms with Crippen molar-refractivity contribution in [2.75, 3.05) is 18.2 Å². The van der Waals surface area contributed by atoms with E-state index in [1.807, 2.05) is 24.5 Å². The summed E-state index contributed by atoms with van der Waals surface area (Å²) in [6.07, 6.45) is 3.90. The first-order valence-corrected chi connectivity index (χ1v) is 6.43. The highest BCUT2D eigenvalue weighted by Gasteiger charge is 2.42. The molecule has 84 valence electrons. The number of rotatable bonds is 4. The van der Waals surface area contributed by atoms with Gasteiger partial charge in [-0.05, 0) is 31.2 Å². The predicted octanol–water partition coefficient (Wildman–Crippen LogP) is 2.22. The lowest BCUT2D eigenvalue weighted by Crippen LogP contribution is -2.26. The van der Waals surface area contributed by atoms with Crippen LogP contribution >= 0.6 is 11.8 Å². The maximum absolute atomic E-state index is 9.26. The zero-order chi connectivity index (χ0) is 11.6. The molecule has 0 saturated heterocycles. The van der Waals surface area contributed by atoms with Crippen LogP contribution in [0.1, 0.15) is 18.4 Å². The van der Waals surface area contributed by atoms with Crippen LogP contribution < -0.4 is 5.32 Å². The second-order valence-electron chi connectivity index (χ2n) is 4.06. The van der Waals surface area contributed by atoms with Gasteiger partial charge in [-0.15, -0.1) is 11.8 Å². The molecule has 0 heterocycles. The second-order valence-corrected chi connectivity index (χ2v) is 4.91. The summed E-state index contributed by atoms with van der Waals surface area (Å²) in [7, 11) is 0. The molecule has 16 heavy (non-hydrogen) atoms. The largest absolute Gasteiger partial charge is 0.394 e. The van der Waals surface area contributed by atoms with Crippen molar-refractivity contribution in [3.63, 3.8) is 0 Å². The van der Waals surface area contributed by atoms with Gasteiger partial charge in [-0.3, -0.25) is 0 Å². The van der Waals surface area contributed by atoms with Crippen molar-refractivity contribution in [1.29, 1.82) is 5.26 Å². The van der Waals surface area contributed by atoms with E-state index in [1.165, 1.54) is 0 Å². The highest BCUT2D eigenvalue weighted by atomic mass is 32.2. The molecule has 1 fully saturated rings. The lowest BCUT2D eigenvalue weighted by Gasteiger charge is -2.17. The maximum Gasteiger partial charge on any atom is 0.102 e. The summed E-state index contributed by atoms with van der Waals surface area (Å²) >= 11 is 1.56. The van der Waals surface area contributed by atoms with Crippen molar-refractivity contribution in [3.8, 4) is 6.07 Å². The average molecular weight is 234 g/mol. The van der Waals surface area contributed by atoms with E-state index in [1.54, 1.807) is 11.8 Å². The van der Waals surface area contributed by atoms with Gasteiger partial charge in [0.25, 0.3) is 0 Å². The molecule has 0 aliphatic heterocycles. The molecular weight excluding hydrogens is 220 g/mol. The normalized spacial score (nSPS) is 16.6. The molecule has 2 N–H and O–H groups in total. The van der Waals surface area contributed by atoms with Crippen LogP contribution in [-0.2, 0) is 0 Å². The minimum absolute atomic E-state index is 0.126. The first-order valence-electron chi connectivity index (χ1n) is 5.21. The molecule has 0 atom stereocenters. The number of nitriles is 1. The van der Waals surface area contributed by atoms with E-state index in [0.29, 0.717) is 5.56 Å². The molecular formula is C12H14N2OS. The third kappa shape index (κ3) is 2.01. The van der Waals surface area contributed by atoms with Gasteiger partial charge in [0.15, 0.2) is 0 Å². The first-order chi connectivity index (χ1) is 7.74. The number of hydrogen-bond donors (Lipinski definition) is 2. The standard InChI is InChI=1S/C12H14N2OS/c1-16-11-4-2-3-10(9(11)7-13)14-12(8-15)5-6-12/h2-4,14-15H,5-6,8H2,1H3. The summed E-state index contributed by atoms with van der Waals surface area (Å²) in [4.78, 5) is 0.973. The Morgan fingerprint density at radius 3 is 2.81 bits per heavy atom. The van der Waals surface area contributed by atoms with Crippen LogP contribution in [0, 0.1) is 11.3 Å². The Morgan fingerprint density at radius 2 is 2.31 bits per heavy atom. The third-order valence-electron chi connectivity index (χ3n) is 2.91. The molecule has 0 spiro atoms. The van der Waals surface area contributed by atoms with Gasteiger partial charge >= 0.3 is 0 Å². The minimum Gasteiger partial charge on any atom is -0.394 e. The van der Waals surface area contributed by atoms with Crippen molar-refractivity contribution in [2.24, 2.45) is 0 Å². The van der Waals surface area contributed by atoms with Crippen LogP contribution in [0.5, 0.6) is 0 Å². The number of anilines is 1. The van der Waals surface area contributed by atoms with Crippen LogP contribution in [0.3, 0.4) is 0 Å². The Kier molecular flexibility index (Phi) is 3.08. The molecule has 4 heteroatoms. The number of nitrogens with zero attached hydrogens (tertiary/aromatic N) is 1. The molecule has 1 saturated carbocycles. The minimum atomic E-state index is -0.178. The topological polar surface area (TPSA) is 56.0 Å². The average Bonchev–Trinajstić information content (AvgIpc) is 3.09. The number of aliphatic hydroxyl groups is 1. The molecule has 0 radical (unpaired) electrons. The molecule has 2 rings (SSSR count). The molecule has 1 aliphatic rings. The summed E-state index contributed by atoms with van der Waals surface area (Å²) < 4.78 is 0. The Balaban J connectivity index is 2.31. The fourth-order valence-electron chi connectivity index (χ4n) is 1.68. The lowest BCUT2D eigenvalue weighted by atomic mass is 10.1. The van der Waals surface area contributed by atoms with E-state index in [4.69, 9.17) is 5.26 Å². The highest BCUT2D eigenvalue weighted by Crippen LogP contribution is 2.40. The van der Waals surface area contributed by atoms with Gasteiger partial charge in [0.05, 0.1) is 23.4 Å². The van der Waals surface area contributed by atoms with Crippen LogP contribution in [0.2, 0.25) is 0 Å². The summed E-state index contributed by atoms with van der Waals surface area (Å²) in [6, 6.07) is 7.99. The first kappa shape index (κ1) is 11.3. The van der Waals surface area contributed by atoms with Crippen molar-refractivity contribution < 1.29 is 5.11 Å². The monoisotopic (exact) mass is 234 g/mol. The lowest BCUT2D eigenvalue weighted by molar-refractivity contribution is 0.266. The van der Waals surface area contributed by atoms with Crippen LogP contribution in [0.25, 0.3) is 0 Å². The molecule has 3 nitrogen and oxygen atoms in total. The van der Waals surface area contributed by atoms with E-state index in [0.717, 1.165) is 23.4 Å². The van der Waals surface area contributed by atoms with E-state index >= 15 is 0 Å². The van der Waals surface area contributed by atoms with Gasteiger partial charge in [-0.1, -0.05) is 6.07 Å². The summed E-state index contributed by atoms with van der Waals surface area (Å²) in [5, 5.41) is 21.7. The molecule has 0 amide bonds. The molecule has 0 unspecified atom stereocenters. The Bertz CT molecular complexity index is 435. The second kappa shape index (κ2) is 4.36. The van der Waals surface area contributed by atoms with Crippen LogP contribution in [-0.4, -0.2) is 23.5 Å². The molecule has 1 aromatic rings. The van der Waals surface area contributed by atoms with Gasteiger partial charge in [0.1, 0.15) is 6.07 Å². The third-order valence-corrected chi connectivity index (χ3v) is 3.69. The Hall–Kier alpha value is -1.18. The van der Waals surface area contributed by atoms with Crippen molar-refractivity contribution in [1.82, 2.24) is 0 Å². The summed E-state index contributed by atoms with van der Waals surface area (Å²) in [5.41, 5.74) is 1.33. The van der Waals surface area contributed by atoms with Crippen molar-refractivity contribution in [3.05, 3.63) is 23.8 Å². The van der Waals surface area contributed by atoms with Gasteiger partial charge in [-0.2, -0.15) is 5.26 Å². The highest BCUT2D eigenvalue weighted by molar-refractivity contribution is 7.98. The molecule has 0 bridgehead atoms. The number of thioether (sulfide) groups is 1. The van der Waals surface area contributed by atoms with Gasteiger partial charge in [0, 0.05) is 4.90 Å². The van der Waals surface area contributed by atoms with E-state index in [-0.39, 0.29) is 12.1 Å². The smallest absolute Gasteiger partial charge is 0.102 e. The Morgan fingerprint density at radius 1 is 1.56 bits per heavy atom. The number of hydrogen-bond acceptors (Lipinski definition) is 4.